The van der Waals surface area contributed by atoms with Gasteiger partial charge in [-0.15, -0.1) is 10.1 Å². The van der Waals surface area contributed by atoms with Gasteiger partial charge in [-0.25, -0.2) is 4.79 Å². The summed E-state index contributed by atoms with van der Waals surface area (Å²) in [6.45, 7) is 1.11. The van der Waals surface area contributed by atoms with Crippen LogP contribution in [0.3, 0.4) is 0 Å². The van der Waals surface area contributed by atoms with Crippen LogP contribution in [0, 0.1) is 10.1 Å². The summed E-state index contributed by atoms with van der Waals surface area (Å²) in [5.41, 5.74) is 0. The number of esters is 1. The highest BCUT2D eigenvalue weighted by Crippen LogP contribution is 1.98. The third-order valence-corrected chi connectivity index (χ3v) is 2.28. The highest BCUT2D eigenvalue weighted by Gasteiger charge is 2.13. The molecule has 0 aliphatic rings. The van der Waals surface area contributed by atoms with Gasteiger partial charge in [0.1, 0.15) is 6.61 Å². The van der Waals surface area contributed by atoms with Crippen molar-refractivity contribution in [2.45, 2.75) is 32.5 Å². The smallest absolute Gasteiger partial charge is 0.410 e. The molecular formula is C12H20N2O10. The van der Waals surface area contributed by atoms with Gasteiger partial charge in [0.2, 0.25) is 6.29 Å². The van der Waals surface area contributed by atoms with E-state index >= 15 is 0 Å². The maximum atomic E-state index is 11.4. The molecule has 1 amide bonds. The molecule has 0 aromatic carbocycles. The molecule has 0 radical (unpaired) electrons. The number of rotatable bonds is 13. The molecule has 0 spiro atoms. The summed E-state index contributed by atoms with van der Waals surface area (Å²) >= 11 is 0. The number of nitrogens with zero attached hydrogens (tertiary/aromatic N) is 1. The zero-order valence-corrected chi connectivity index (χ0v) is 13.1. The molecule has 0 aromatic heterocycles. The monoisotopic (exact) mass is 352 g/mol. The van der Waals surface area contributed by atoms with Crippen LogP contribution in [0.1, 0.15) is 26.2 Å². The van der Waals surface area contributed by atoms with E-state index in [9.17, 15) is 24.5 Å². The Hall–Kier alpha value is -2.63. The van der Waals surface area contributed by atoms with Gasteiger partial charge in [0.25, 0.3) is 5.09 Å². The molecule has 0 heterocycles. The first-order valence-electron chi connectivity index (χ1n) is 7.02. The molecule has 24 heavy (non-hydrogen) atoms. The van der Waals surface area contributed by atoms with Crippen LogP contribution in [-0.2, 0) is 28.6 Å². The van der Waals surface area contributed by atoms with Crippen LogP contribution in [-0.4, -0.2) is 60.9 Å². The number of amides is 1. The summed E-state index contributed by atoms with van der Waals surface area (Å²) < 4.78 is 14.4. The third kappa shape index (κ3) is 14.3. The van der Waals surface area contributed by atoms with E-state index in [1.807, 2.05) is 0 Å². The lowest BCUT2D eigenvalue weighted by Gasteiger charge is -2.14. The van der Waals surface area contributed by atoms with Crippen LogP contribution in [0.4, 0.5) is 4.79 Å². The van der Waals surface area contributed by atoms with Crippen molar-refractivity contribution in [3.05, 3.63) is 10.1 Å². The fraction of sp³-hybridized carbons (Fsp3) is 0.750. The van der Waals surface area contributed by atoms with Crippen LogP contribution in [0.15, 0.2) is 0 Å². The Balaban J connectivity index is 3.65. The van der Waals surface area contributed by atoms with E-state index in [-0.39, 0.29) is 45.6 Å². The first-order valence-corrected chi connectivity index (χ1v) is 7.02. The van der Waals surface area contributed by atoms with E-state index < -0.39 is 29.4 Å². The summed E-state index contributed by atoms with van der Waals surface area (Å²) in [6, 6.07) is 0. The van der Waals surface area contributed by atoms with Gasteiger partial charge in [0.15, 0.2) is 0 Å². The Morgan fingerprint density at radius 1 is 1.17 bits per heavy atom. The van der Waals surface area contributed by atoms with Gasteiger partial charge in [-0.3, -0.25) is 9.59 Å². The normalized spacial score (nSPS) is 11.2. The molecular weight excluding hydrogens is 332 g/mol. The molecule has 12 nitrogen and oxygen atoms in total. The van der Waals surface area contributed by atoms with Gasteiger partial charge in [0, 0.05) is 19.9 Å². The van der Waals surface area contributed by atoms with E-state index in [0.717, 1.165) is 0 Å². The summed E-state index contributed by atoms with van der Waals surface area (Å²) in [5, 5.41) is 19.6. The maximum Gasteiger partial charge on any atom is 0.410 e. The topological polar surface area (TPSA) is 164 Å². The minimum absolute atomic E-state index is 0.0337. The van der Waals surface area contributed by atoms with Crippen molar-refractivity contribution in [1.82, 2.24) is 5.32 Å². The molecule has 1 unspecified atom stereocenters. The van der Waals surface area contributed by atoms with Crippen LogP contribution in [0.5, 0.6) is 0 Å². The Morgan fingerprint density at radius 3 is 2.50 bits per heavy atom. The van der Waals surface area contributed by atoms with Crippen LogP contribution in [0.25, 0.3) is 0 Å². The summed E-state index contributed by atoms with van der Waals surface area (Å²) in [7, 11) is 0. The number of nitrogens with one attached hydrogen (secondary N) is 1. The average Bonchev–Trinajstić information content (AvgIpc) is 2.46. The van der Waals surface area contributed by atoms with Crippen LogP contribution in [0.2, 0.25) is 0 Å². The van der Waals surface area contributed by atoms with Gasteiger partial charge >= 0.3 is 18.0 Å². The first kappa shape index (κ1) is 21.4. The SMILES string of the molecule is CC(OC(=O)CCOCCO[N+](=O)[O-])OC(=O)NCCCC(=O)O. The summed E-state index contributed by atoms with van der Waals surface area (Å²) in [4.78, 5) is 46.8. The number of hydrogen-bond acceptors (Lipinski definition) is 9. The minimum atomic E-state index is -1.13. The lowest BCUT2D eigenvalue weighted by Crippen LogP contribution is -2.31. The predicted molar refractivity (Wildman–Crippen MR) is 75.3 cm³/mol. The molecule has 12 heteroatoms. The van der Waals surface area contributed by atoms with Crippen molar-refractivity contribution in [2.24, 2.45) is 0 Å². The molecule has 0 aliphatic carbocycles. The Bertz CT molecular complexity index is 428. The third-order valence-electron chi connectivity index (χ3n) is 2.28. The second kappa shape index (κ2) is 12.9. The summed E-state index contributed by atoms with van der Waals surface area (Å²) in [6.07, 6.45) is -1.94. The van der Waals surface area contributed by atoms with Crippen LogP contribution >= 0.6 is 0 Å². The minimum Gasteiger partial charge on any atom is -0.481 e. The van der Waals surface area contributed by atoms with Gasteiger partial charge in [0.05, 0.1) is 19.6 Å². The molecule has 0 aliphatic heterocycles. The Morgan fingerprint density at radius 2 is 1.88 bits per heavy atom. The number of ether oxygens (including phenoxy) is 3. The average molecular weight is 352 g/mol. The lowest BCUT2D eigenvalue weighted by atomic mass is 10.3. The number of carboxylic acids is 1. The molecule has 0 rings (SSSR count). The number of aliphatic carboxylic acids is 1. The predicted octanol–water partition coefficient (Wildman–Crippen LogP) is 0.0816. The molecule has 0 aromatic rings. The largest absolute Gasteiger partial charge is 0.481 e. The molecule has 0 fully saturated rings. The highest BCUT2D eigenvalue weighted by molar-refractivity contribution is 5.70. The van der Waals surface area contributed by atoms with Crippen molar-refractivity contribution in [3.8, 4) is 0 Å². The first-order chi connectivity index (χ1) is 11.3. The number of hydrogen-bond donors (Lipinski definition) is 2. The molecule has 0 bridgehead atoms. The fourth-order valence-electron chi connectivity index (χ4n) is 1.32. The Labute approximate surface area is 137 Å². The highest BCUT2D eigenvalue weighted by atomic mass is 17.0. The number of carbonyl (C=O) groups is 3. The molecule has 138 valence electrons. The molecule has 0 saturated heterocycles. The number of alkyl carbamates (subject to hydrolysis) is 1. The van der Waals surface area contributed by atoms with Crippen LogP contribution < -0.4 is 5.32 Å². The second-order valence-corrected chi connectivity index (χ2v) is 4.31. The summed E-state index contributed by atoms with van der Waals surface area (Å²) in [5.74, 6) is -1.66. The van der Waals surface area contributed by atoms with Crippen molar-refractivity contribution in [3.63, 3.8) is 0 Å². The van der Waals surface area contributed by atoms with Crippen molar-refractivity contribution in [1.29, 1.82) is 0 Å². The standard InChI is InChI=1S/C12H20N2O10/c1-9(24-12(18)13-5-2-3-10(15)16)23-11(17)4-6-21-7-8-22-14(19)20/h9H,2-8H2,1H3,(H,13,18)(H,15,16). The molecule has 1 atom stereocenters. The maximum absolute atomic E-state index is 11.4. The van der Waals surface area contributed by atoms with Gasteiger partial charge < -0.3 is 29.5 Å². The van der Waals surface area contributed by atoms with E-state index in [4.69, 9.17) is 19.3 Å². The zero-order valence-electron chi connectivity index (χ0n) is 13.1. The fourth-order valence-corrected chi connectivity index (χ4v) is 1.32. The van der Waals surface area contributed by atoms with E-state index in [2.05, 4.69) is 10.2 Å². The Kier molecular flexibility index (Phi) is 11.5. The van der Waals surface area contributed by atoms with Crippen molar-refractivity contribution >= 4 is 18.0 Å². The number of carbonyl (C=O) groups excluding carboxylic acids is 2. The number of carboxylic acid groups (broad SMARTS) is 1. The van der Waals surface area contributed by atoms with Crippen molar-refractivity contribution in [2.75, 3.05) is 26.4 Å². The van der Waals surface area contributed by atoms with E-state index in [1.165, 1.54) is 6.92 Å². The second-order valence-electron chi connectivity index (χ2n) is 4.31. The van der Waals surface area contributed by atoms with Gasteiger partial charge in [-0.05, 0) is 6.42 Å². The molecule has 0 saturated carbocycles. The van der Waals surface area contributed by atoms with Crippen molar-refractivity contribution < 1.29 is 43.6 Å². The van der Waals surface area contributed by atoms with E-state index in [0.29, 0.717) is 0 Å². The van der Waals surface area contributed by atoms with E-state index in [1.54, 1.807) is 0 Å². The zero-order chi connectivity index (χ0) is 18.4. The lowest BCUT2D eigenvalue weighted by molar-refractivity contribution is -0.758. The van der Waals surface area contributed by atoms with Gasteiger partial charge in [-0.2, -0.15) is 0 Å². The molecule has 2 N–H and O–H groups in total. The van der Waals surface area contributed by atoms with Gasteiger partial charge in [-0.1, -0.05) is 0 Å². The quantitative estimate of drug-likeness (QED) is 0.152.